The molecule has 0 aliphatic heterocycles. The Labute approximate surface area is 141 Å². The van der Waals surface area contributed by atoms with Crippen LogP contribution in [0.2, 0.25) is 0 Å². The molecule has 0 bridgehead atoms. The molecule has 0 aromatic rings. The van der Waals surface area contributed by atoms with Crippen molar-refractivity contribution in [3.05, 3.63) is 12.2 Å². The van der Waals surface area contributed by atoms with Crippen LogP contribution in [0.25, 0.3) is 0 Å². The minimum absolute atomic E-state index is 0.444. The molecule has 4 fully saturated rings. The number of hydrogen-bond donors (Lipinski definition) is 1. The second-order valence-corrected chi connectivity index (χ2v) is 9.43. The van der Waals surface area contributed by atoms with Crippen molar-refractivity contribution in [3.63, 3.8) is 0 Å². The van der Waals surface area contributed by atoms with Crippen LogP contribution in [0.4, 0.5) is 0 Å². The average molecular weight is 319 g/mol. The Bertz CT molecular complexity index is 486. The highest BCUT2D eigenvalue weighted by molar-refractivity contribution is 5.20. The van der Waals surface area contributed by atoms with Crippen LogP contribution in [-0.4, -0.2) is 24.4 Å². The van der Waals surface area contributed by atoms with E-state index in [1.165, 1.54) is 44.9 Å². The monoisotopic (exact) mass is 318 g/mol. The Balaban J connectivity index is 1.51. The van der Waals surface area contributed by atoms with Crippen LogP contribution >= 0.6 is 0 Å². The van der Waals surface area contributed by atoms with E-state index in [0.29, 0.717) is 12.0 Å². The van der Waals surface area contributed by atoms with Crippen molar-refractivity contribution in [3.8, 4) is 0 Å². The molecule has 130 valence electrons. The second kappa shape index (κ2) is 5.59. The quantitative estimate of drug-likeness (QED) is 0.756. The third kappa shape index (κ3) is 2.43. The molecule has 0 saturated heterocycles. The van der Waals surface area contributed by atoms with Crippen molar-refractivity contribution in [2.75, 3.05) is 13.7 Å². The molecule has 2 heteroatoms. The van der Waals surface area contributed by atoms with Gasteiger partial charge < -0.3 is 9.84 Å². The average Bonchev–Trinajstić information content (AvgIpc) is 2.82. The first-order valence-corrected chi connectivity index (χ1v) is 9.86. The Morgan fingerprint density at radius 1 is 1.09 bits per heavy atom. The van der Waals surface area contributed by atoms with Gasteiger partial charge in [0.2, 0.25) is 0 Å². The number of allylic oxidation sites excluding steroid dienone is 1. The summed E-state index contributed by atoms with van der Waals surface area (Å²) < 4.78 is 5.29. The Hall–Kier alpha value is -0.340. The van der Waals surface area contributed by atoms with E-state index in [1.807, 2.05) is 0 Å². The highest BCUT2D eigenvalue weighted by atomic mass is 16.5. The van der Waals surface area contributed by atoms with E-state index in [0.717, 1.165) is 42.4 Å². The number of fused-ring (bicyclic) bond motifs is 5. The minimum atomic E-state index is -0.548. The van der Waals surface area contributed by atoms with E-state index in [2.05, 4.69) is 13.5 Å². The summed E-state index contributed by atoms with van der Waals surface area (Å²) in [6, 6.07) is 0. The van der Waals surface area contributed by atoms with Crippen LogP contribution in [0, 0.1) is 35.0 Å². The topological polar surface area (TPSA) is 29.5 Å². The van der Waals surface area contributed by atoms with E-state index in [9.17, 15) is 5.11 Å². The molecule has 0 unspecified atom stereocenters. The van der Waals surface area contributed by atoms with Crippen LogP contribution in [-0.2, 0) is 4.74 Å². The molecule has 4 aliphatic carbocycles. The number of methoxy groups -OCH3 is 1. The summed E-state index contributed by atoms with van der Waals surface area (Å²) in [5, 5.41) is 10.8. The zero-order valence-electron chi connectivity index (χ0n) is 15.0. The summed E-state index contributed by atoms with van der Waals surface area (Å²) in [6.45, 7) is 7.45. The Morgan fingerprint density at radius 3 is 2.65 bits per heavy atom. The van der Waals surface area contributed by atoms with Crippen LogP contribution in [0.1, 0.15) is 64.7 Å². The summed E-state index contributed by atoms with van der Waals surface area (Å²) in [4.78, 5) is 0. The van der Waals surface area contributed by atoms with Gasteiger partial charge in [-0.2, -0.15) is 0 Å². The maximum atomic E-state index is 10.8. The third-order valence-electron chi connectivity index (χ3n) is 8.47. The van der Waals surface area contributed by atoms with Crippen molar-refractivity contribution >= 4 is 0 Å². The SMILES string of the molecule is C=C1CC[C@H]2[C@@H]3CC[C@H]4C[C@@](O)(COC)CC[C@@H]4[C@H]3CC[C@]12C. The fourth-order valence-electron chi connectivity index (χ4n) is 7.27. The normalized spacial score (nSPS) is 52.7. The van der Waals surface area contributed by atoms with Gasteiger partial charge in [0.15, 0.2) is 0 Å². The summed E-state index contributed by atoms with van der Waals surface area (Å²) in [6.07, 6.45) is 11.3. The largest absolute Gasteiger partial charge is 0.387 e. The fourth-order valence-corrected chi connectivity index (χ4v) is 7.27. The van der Waals surface area contributed by atoms with E-state index in [-0.39, 0.29) is 0 Å². The first-order chi connectivity index (χ1) is 11.0. The zero-order chi connectivity index (χ0) is 16.2. The standard InChI is InChI=1S/C21H34O2/c1-14-4-7-19-18-6-5-15-12-21(22,13-23-3)11-9-16(15)17(18)8-10-20(14,19)2/h15-19,22H,1,4-13H2,2-3H3/t15-,16-,17+,18+,19-,20+,21+/m0/s1. The number of hydrogen-bond acceptors (Lipinski definition) is 2. The van der Waals surface area contributed by atoms with Gasteiger partial charge in [-0.25, -0.2) is 0 Å². The lowest BCUT2D eigenvalue weighted by Crippen LogP contribution is -2.51. The summed E-state index contributed by atoms with van der Waals surface area (Å²) >= 11 is 0. The van der Waals surface area contributed by atoms with Crippen molar-refractivity contribution in [2.45, 2.75) is 70.3 Å². The van der Waals surface area contributed by atoms with E-state index in [1.54, 1.807) is 12.7 Å². The molecule has 0 amide bonds. The zero-order valence-corrected chi connectivity index (χ0v) is 15.0. The Kier molecular flexibility index (Phi) is 3.93. The lowest BCUT2D eigenvalue weighted by Gasteiger charge is -2.56. The van der Waals surface area contributed by atoms with Gasteiger partial charge in [-0.05, 0) is 92.8 Å². The first-order valence-electron chi connectivity index (χ1n) is 9.86. The van der Waals surface area contributed by atoms with E-state index in [4.69, 9.17) is 4.74 Å². The molecule has 0 heterocycles. The molecule has 4 rings (SSSR count). The van der Waals surface area contributed by atoms with Gasteiger partial charge in [-0.1, -0.05) is 19.1 Å². The molecule has 2 nitrogen and oxygen atoms in total. The van der Waals surface area contributed by atoms with E-state index < -0.39 is 5.60 Å². The number of ether oxygens (including phenoxy) is 1. The second-order valence-electron chi connectivity index (χ2n) is 9.43. The smallest absolute Gasteiger partial charge is 0.0882 e. The molecule has 0 radical (unpaired) electrons. The molecule has 4 saturated carbocycles. The molecule has 0 aromatic carbocycles. The molecule has 4 aliphatic rings. The fraction of sp³-hybridized carbons (Fsp3) is 0.905. The van der Waals surface area contributed by atoms with Gasteiger partial charge in [0, 0.05) is 7.11 Å². The number of rotatable bonds is 2. The minimum Gasteiger partial charge on any atom is -0.387 e. The highest BCUT2D eigenvalue weighted by Gasteiger charge is 2.55. The van der Waals surface area contributed by atoms with E-state index >= 15 is 0 Å². The lowest BCUT2D eigenvalue weighted by molar-refractivity contribution is -0.119. The summed E-state index contributed by atoms with van der Waals surface area (Å²) in [5.41, 5.74) is 1.44. The molecule has 0 aromatic heterocycles. The van der Waals surface area contributed by atoms with Gasteiger partial charge >= 0.3 is 0 Å². The first kappa shape index (κ1) is 16.1. The van der Waals surface area contributed by atoms with Gasteiger partial charge in [0.25, 0.3) is 0 Å². The van der Waals surface area contributed by atoms with Crippen molar-refractivity contribution in [2.24, 2.45) is 35.0 Å². The van der Waals surface area contributed by atoms with Crippen molar-refractivity contribution < 1.29 is 9.84 Å². The lowest BCUT2D eigenvalue weighted by atomic mass is 9.49. The van der Waals surface area contributed by atoms with Gasteiger partial charge in [0.1, 0.15) is 0 Å². The predicted octanol–water partition coefficient (Wildman–Crippen LogP) is 4.57. The van der Waals surface area contributed by atoms with Crippen molar-refractivity contribution in [1.82, 2.24) is 0 Å². The van der Waals surface area contributed by atoms with Crippen molar-refractivity contribution in [1.29, 1.82) is 0 Å². The maximum Gasteiger partial charge on any atom is 0.0882 e. The molecule has 7 atom stereocenters. The maximum absolute atomic E-state index is 10.8. The highest BCUT2D eigenvalue weighted by Crippen LogP contribution is 2.64. The van der Waals surface area contributed by atoms with Crippen LogP contribution in [0.3, 0.4) is 0 Å². The van der Waals surface area contributed by atoms with Crippen LogP contribution in [0.15, 0.2) is 12.2 Å². The third-order valence-corrected chi connectivity index (χ3v) is 8.47. The van der Waals surface area contributed by atoms with Crippen LogP contribution < -0.4 is 0 Å². The van der Waals surface area contributed by atoms with Gasteiger partial charge in [0.05, 0.1) is 12.2 Å². The predicted molar refractivity (Wildman–Crippen MR) is 93.1 cm³/mol. The van der Waals surface area contributed by atoms with Gasteiger partial charge in [-0.3, -0.25) is 0 Å². The Morgan fingerprint density at radius 2 is 1.87 bits per heavy atom. The molecular formula is C21H34O2. The molecular weight excluding hydrogens is 284 g/mol. The molecule has 23 heavy (non-hydrogen) atoms. The van der Waals surface area contributed by atoms with Crippen LogP contribution in [0.5, 0.6) is 0 Å². The van der Waals surface area contributed by atoms with Gasteiger partial charge in [-0.15, -0.1) is 0 Å². The summed E-state index contributed by atoms with van der Waals surface area (Å²) in [7, 11) is 1.72. The molecule has 0 spiro atoms. The number of aliphatic hydroxyl groups is 1. The molecule has 1 N–H and O–H groups in total. The summed E-state index contributed by atoms with van der Waals surface area (Å²) in [5.74, 6) is 4.35.